The second-order valence-electron chi connectivity index (χ2n) is 5.29. The zero-order valence-corrected chi connectivity index (χ0v) is 14.2. The SMILES string of the molecule is CNS(=O)(=O)Cc1ccc(CNC(=O)c2cc(C)oc2C)cc1. The van der Waals surface area contributed by atoms with Gasteiger partial charge in [-0.2, -0.15) is 0 Å². The molecule has 0 bridgehead atoms. The topological polar surface area (TPSA) is 88.4 Å². The molecule has 2 N–H and O–H groups in total. The van der Waals surface area contributed by atoms with Gasteiger partial charge in [0, 0.05) is 6.54 Å². The van der Waals surface area contributed by atoms with E-state index in [0.717, 1.165) is 5.56 Å². The number of hydrogen-bond donors (Lipinski definition) is 2. The van der Waals surface area contributed by atoms with E-state index in [-0.39, 0.29) is 11.7 Å². The minimum Gasteiger partial charge on any atom is -0.466 e. The van der Waals surface area contributed by atoms with Crippen LogP contribution in [0, 0.1) is 13.8 Å². The standard InChI is InChI=1S/C16H20N2O4S/c1-11-8-15(12(2)22-11)16(19)18-9-13-4-6-14(7-5-13)10-23(20,21)17-3/h4-8,17H,9-10H2,1-3H3,(H,18,19). The highest BCUT2D eigenvalue weighted by molar-refractivity contribution is 7.88. The van der Waals surface area contributed by atoms with Gasteiger partial charge < -0.3 is 9.73 Å². The van der Waals surface area contributed by atoms with Crippen molar-refractivity contribution in [2.24, 2.45) is 0 Å². The molecule has 2 rings (SSSR count). The van der Waals surface area contributed by atoms with Gasteiger partial charge in [-0.15, -0.1) is 0 Å². The first-order valence-electron chi connectivity index (χ1n) is 7.15. The molecule has 0 saturated heterocycles. The number of benzene rings is 1. The Hall–Kier alpha value is -2.12. The summed E-state index contributed by atoms with van der Waals surface area (Å²) in [5.74, 6) is 1.03. The molecule has 1 aromatic carbocycles. The molecule has 0 radical (unpaired) electrons. The maximum atomic E-state index is 12.1. The first-order valence-corrected chi connectivity index (χ1v) is 8.80. The number of carbonyl (C=O) groups is 1. The first kappa shape index (κ1) is 17.2. The van der Waals surface area contributed by atoms with E-state index in [0.29, 0.717) is 29.2 Å². The summed E-state index contributed by atoms with van der Waals surface area (Å²) < 4.78 is 30.6. The summed E-state index contributed by atoms with van der Waals surface area (Å²) in [6.45, 7) is 3.90. The molecular weight excluding hydrogens is 316 g/mol. The molecule has 23 heavy (non-hydrogen) atoms. The summed E-state index contributed by atoms with van der Waals surface area (Å²) in [5.41, 5.74) is 2.11. The Kier molecular flexibility index (Phi) is 5.23. The van der Waals surface area contributed by atoms with Gasteiger partial charge in [0.1, 0.15) is 11.5 Å². The highest BCUT2D eigenvalue weighted by atomic mass is 32.2. The Bertz CT molecular complexity index is 792. The minimum atomic E-state index is -3.28. The smallest absolute Gasteiger partial charge is 0.255 e. The van der Waals surface area contributed by atoms with Crippen molar-refractivity contribution in [3.05, 3.63) is 58.5 Å². The molecule has 0 saturated carbocycles. The molecule has 0 aliphatic carbocycles. The van der Waals surface area contributed by atoms with Gasteiger partial charge in [0.05, 0.1) is 11.3 Å². The lowest BCUT2D eigenvalue weighted by molar-refractivity contribution is 0.0949. The molecule has 0 fully saturated rings. The van der Waals surface area contributed by atoms with E-state index >= 15 is 0 Å². The molecule has 6 nitrogen and oxygen atoms in total. The zero-order chi connectivity index (χ0) is 17.0. The Balaban J connectivity index is 1.96. The summed E-state index contributed by atoms with van der Waals surface area (Å²) in [5, 5.41) is 2.82. The van der Waals surface area contributed by atoms with E-state index in [2.05, 4.69) is 10.0 Å². The van der Waals surface area contributed by atoms with Gasteiger partial charge in [0.2, 0.25) is 10.0 Å². The molecular formula is C16H20N2O4S. The largest absolute Gasteiger partial charge is 0.466 e. The van der Waals surface area contributed by atoms with Crippen molar-refractivity contribution < 1.29 is 17.6 Å². The zero-order valence-electron chi connectivity index (χ0n) is 13.3. The Morgan fingerprint density at radius 2 is 1.74 bits per heavy atom. The van der Waals surface area contributed by atoms with Gasteiger partial charge in [-0.3, -0.25) is 4.79 Å². The van der Waals surface area contributed by atoms with E-state index in [1.54, 1.807) is 44.2 Å². The van der Waals surface area contributed by atoms with Crippen molar-refractivity contribution in [3.8, 4) is 0 Å². The Morgan fingerprint density at radius 1 is 1.13 bits per heavy atom. The van der Waals surface area contributed by atoms with E-state index in [9.17, 15) is 13.2 Å². The van der Waals surface area contributed by atoms with Crippen molar-refractivity contribution in [3.63, 3.8) is 0 Å². The van der Waals surface area contributed by atoms with E-state index in [4.69, 9.17) is 4.42 Å². The lowest BCUT2D eigenvalue weighted by Gasteiger charge is -2.06. The maximum absolute atomic E-state index is 12.1. The van der Waals surface area contributed by atoms with Gasteiger partial charge in [0.25, 0.3) is 5.91 Å². The van der Waals surface area contributed by atoms with Crippen LogP contribution in [0.1, 0.15) is 33.0 Å². The van der Waals surface area contributed by atoms with Crippen LogP contribution < -0.4 is 10.0 Å². The molecule has 1 amide bonds. The van der Waals surface area contributed by atoms with Crippen LogP contribution in [0.5, 0.6) is 0 Å². The molecule has 7 heteroatoms. The molecule has 0 aliphatic rings. The fourth-order valence-electron chi connectivity index (χ4n) is 2.18. The molecule has 0 aliphatic heterocycles. The van der Waals surface area contributed by atoms with Gasteiger partial charge >= 0.3 is 0 Å². The summed E-state index contributed by atoms with van der Waals surface area (Å²) in [6, 6.07) is 8.78. The summed E-state index contributed by atoms with van der Waals surface area (Å²) >= 11 is 0. The van der Waals surface area contributed by atoms with Crippen LogP contribution in [0.2, 0.25) is 0 Å². The summed E-state index contributed by atoms with van der Waals surface area (Å²) in [6.07, 6.45) is 0. The highest BCUT2D eigenvalue weighted by Gasteiger charge is 2.13. The number of aryl methyl sites for hydroxylation is 2. The third-order valence-electron chi connectivity index (χ3n) is 3.43. The third kappa shape index (κ3) is 4.67. The Morgan fingerprint density at radius 3 is 2.26 bits per heavy atom. The van der Waals surface area contributed by atoms with E-state index in [1.165, 1.54) is 7.05 Å². The van der Waals surface area contributed by atoms with Crippen LogP contribution in [0.3, 0.4) is 0 Å². The number of nitrogens with one attached hydrogen (secondary N) is 2. The van der Waals surface area contributed by atoms with Gasteiger partial charge in [-0.25, -0.2) is 13.1 Å². The van der Waals surface area contributed by atoms with Crippen LogP contribution in [0.25, 0.3) is 0 Å². The second-order valence-corrected chi connectivity index (χ2v) is 7.22. The van der Waals surface area contributed by atoms with Crippen molar-refractivity contribution in [2.45, 2.75) is 26.1 Å². The summed E-state index contributed by atoms with van der Waals surface area (Å²) in [7, 11) is -1.89. The Labute approximate surface area is 135 Å². The van der Waals surface area contributed by atoms with Crippen LogP contribution in [0.4, 0.5) is 0 Å². The lowest BCUT2D eigenvalue weighted by atomic mass is 10.1. The van der Waals surface area contributed by atoms with E-state index < -0.39 is 10.0 Å². The number of carbonyl (C=O) groups excluding carboxylic acids is 1. The molecule has 124 valence electrons. The lowest BCUT2D eigenvalue weighted by Crippen LogP contribution is -2.23. The number of rotatable bonds is 6. The third-order valence-corrected chi connectivity index (χ3v) is 4.76. The van der Waals surface area contributed by atoms with Crippen LogP contribution in [-0.2, 0) is 22.3 Å². The fourth-order valence-corrected chi connectivity index (χ4v) is 2.95. The van der Waals surface area contributed by atoms with Crippen molar-refractivity contribution in [2.75, 3.05) is 7.05 Å². The van der Waals surface area contributed by atoms with Gasteiger partial charge in [0.15, 0.2) is 0 Å². The number of furan rings is 1. The van der Waals surface area contributed by atoms with Crippen molar-refractivity contribution >= 4 is 15.9 Å². The predicted molar refractivity (Wildman–Crippen MR) is 87.5 cm³/mol. The van der Waals surface area contributed by atoms with Crippen molar-refractivity contribution in [1.82, 2.24) is 10.0 Å². The number of hydrogen-bond acceptors (Lipinski definition) is 4. The molecule has 0 atom stereocenters. The van der Waals surface area contributed by atoms with Gasteiger partial charge in [-0.05, 0) is 38.1 Å². The van der Waals surface area contributed by atoms with Crippen LogP contribution in [0.15, 0.2) is 34.7 Å². The minimum absolute atomic E-state index is 0.0658. The average molecular weight is 336 g/mol. The van der Waals surface area contributed by atoms with Gasteiger partial charge in [-0.1, -0.05) is 24.3 Å². The average Bonchev–Trinajstić information content (AvgIpc) is 2.85. The predicted octanol–water partition coefficient (Wildman–Crippen LogP) is 1.88. The first-order chi connectivity index (χ1) is 10.8. The normalized spacial score (nSPS) is 11.4. The van der Waals surface area contributed by atoms with Crippen LogP contribution >= 0.6 is 0 Å². The monoisotopic (exact) mass is 336 g/mol. The number of amides is 1. The quantitative estimate of drug-likeness (QED) is 0.843. The fraction of sp³-hybridized carbons (Fsp3) is 0.312. The molecule has 0 unspecified atom stereocenters. The highest BCUT2D eigenvalue weighted by Crippen LogP contribution is 2.14. The molecule has 0 spiro atoms. The maximum Gasteiger partial charge on any atom is 0.255 e. The van der Waals surface area contributed by atoms with E-state index in [1.807, 2.05) is 0 Å². The molecule has 1 aromatic heterocycles. The molecule has 1 heterocycles. The van der Waals surface area contributed by atoms with Crippen LogP contribution in [-0.4, -0.2) is 21.4 Å². The number of sulfonamides is 1. The summed E-state index contributed by atoms with van der Waals surface area (Å²) in [4.78, 5) is 12.1. The second kappa shape index (κ2) is 6.97. The van der Waals surface area contributed by atoms with Crippen molar-refractivity contribution in [1.29, 1.82) is 0 Å². The molecule has 2 aromatic rings.